The number of hydrogen-bond donors (Lipinski definition) is 0. The van der Waals surface area contributed by atoms with Crippen molar-refractivity contribution in [2.24, 2.45) is 0 Å². The van der Waals surface area contributed by atoms with Crippen LogP contribution in [0.1, 0.15) is 21.3 Å². The van der Waals surface area contributed by atoms with Gasteiger partial charge in [-0.25, -0.2) is 0 Å². The van der Waals surface area contributed by atoms with Crippen LogP contribution in [-0.4, -0.2) is 5.24 Å². The van der Waals surface area contributed by atoms with Crippen LogP contribution >= 0.6 is 23.2 Å². The minimum Gasteiger partial charge on any atom is -0.276 e. The number of benzene rings is 1. The van der Waals surface area contributed by atoms with Crippen LogP contribution in [0.2, 0.25) is 0 Å². The molecule has 0 aromatic heterocycles. The highest BCUT2D eigenvalue weighted by Crippen LogP contribution is 2.21. The molecule has 0 amide bonds. The van der Waals surface area contributed by atoms with E-state index in [0.29, 0.717) is 5.56 Å². The second-order valence-corrected chi connectivity index (χ2v) is 3.35. The van der Waals surface area contributed by atoms with Gasteiger partial charge in [0.15, 0.2) is 0 Å². The van der Waals surface area contributed by atoms with Gasteiger partial charge in [0, 0.05) is 5.56 Å². The normalized spacial score (nSPS) is 12.2. The van der Waals surface area contributed by atoms with Crippen LogP contribution < -0.4 is 0 Å². The molecule has 1 nitrogen and oxygen atoms in total. The van der Waals surface area contributed by atoms with Gasteiger partial charge in [0.2, 0.25) is 0 Å². The number of carbonyl (C=O) groups excluding carboxylic acids is 1. The van der Waals surface area contributed by atoms with Gasteiger partial charge in [0.1, 0.15) is 0 Å². The predicted octanol–water partition coefficient (Wildman–Crippen LogP) is 3.53. The van der Waals surface area contributed by atoms with E-state index in [9.17, 15) is 4.79 Å². The fourth-order valence-electron chi connectivity index (χ4n) is 0.934. The Bertz CT molecular complexity index is 316. The maximum absolute atomic E-state index is 10.7. The molecular weight excluding hydrogens is 207 g/mol. The van der Waals surface area contributed by atoms with Crippen LogP contribution in [0.25, 0.3) is 0 Å². The maximum Gasteiger partial charge on any atom is 0.252 e. The molecule has 0 bridgehead atoms. The van der Waals surface area contributed by atoms with Crippen molar-refractivity contribution in [2.75, 3.05) is 0 Å². The lowest BCUT2D eigenvalue weighted by molar-refractivity contribution is 0.108. The molecule has 0 aliphatic heterocycles. The molecule has 1 rings (SSSR count). The third-order valence-electron chi connectivity index (χ3n) is 1.66. The highest BCUT2D eigenvalue weighted by Gasteiger charge is 2.04. The highest BCUT2D eigenvalue weighted by atomic mass is 35.5. The van der Waals surface area contributed by atoms with Gasteiger partial charge in [-0.05, 0) is 29.3 Å². The number of halogens is 2. The summed E-state index contributed by atoms with van der Waals surface area (Å²) in [5.74, 6) is 0. The predicted molar refractivity (Wildman–Crippen MR) is 55.4 cm³/mol. The van der Waals surface area contributed by atoms with E-state index < -0.39 is 5.24 Å². The average Bonchev–Trinajstić information content (AvgIpc) is 2.17. The van der Waals surface area contributed by atoms with E-state index in [-0.39, 0.29) is 5.38 Å². The molecule has 1 atom stereocenters. The van der Waals surface area contributed by atoms with E-state index in [1.165, 1.54) is 0 Å². The summed E-state index contributed by atoms with van der Waals surface area (Å²) >= 11 is 11.2. The van der Waals surface area contributed by atoms with E-state index in [1.807, 2.05) is 0 Å². The summed E-state index contributed by atoms with van der Waals surface area (Å²) in [5.41, 5.74) is 1.37. The van der Waals surface area contributed by atoms with Gasteiger partial charge in [-0.2, -0.15) is 0 Å². The number of alkyl halides is 1. The van der Waals surface area contributed by atoms with Gasteiger partial charge in [0.05, 0.1) is 5.38 Å². The third kappa shape index (κ3) is 2.58. The molecule has 0 fully saturated rings. The maximum atomic E-state index is 10.7. The molecular formula is C10H8Cl2O. The van der Waals surface area contributed by atoms with Crippen LogP contribution in [0.5, 0.6) is 0 Å². The molecule has 0 N–H and O–H groups in total. The lowest BCUT2D eigenvalue weighted by Gasteiger charge is -2.03. The molecule has 0 saturated carbocycles. The van der Waals surface area contributed by atoms with Crippen LogP contribution in [0.3, 0.4) is 0 Å². The van der Waals surface area contributed by atoms with Crippen LogP contribution in [-0.2, 0) is 0 Å². The van der Waals surface area contributed by atoms with Gasteiger partial charge in [-0.3, -0.25) is 4.79 Å². The Morgan fingerprint density at radius 2 is 1.92 bits per heavy atom. The van der Waals surface area contributed by atoms with Gasteiger partial charge in [-0.1, -0.05) is 18.2 Å². The molecule has 3 heteroatoms. The van der Waals surface area contributed by atoms with Crippen molar-refractivity contribution < 1.29 is 4.79 Å². The molecule has 0 saturated heterocycles. The van der Waals surface area contributed by atoms with Crippen molar-refractivity contribution in [2.45, 2.75) is 5.38 Å². The number of carbonyl (C=O) groups is 1. The van der Waals surface area contributed by atoms with Crippen LogP contribution in [0.15, 0.2) is 36.9 Å². The van der Waals surface area contributed by atoms with Crippen molar-refractivity contribution in [1.82, 2.24) is 0 Å². The summed E-state index contributed by atoms with van der Waals surface area (Å²) in [6.45, 7) is 3.57. The molecule has 0 spiro atoms. The summed E-state index contributed by atoms with van der Waals surface area (Å²) in [5, 5.41) is -0.684. The van der Waals surface area contributed by atoms with E-state index >= 15 is 0 Å². The summed E-state index contributed by atoms with van der Waals surface area (Å²) in [6, 6.07) is 6.80. The Morgan fingerprint density at radius 1 is 1.38 bits per heavy atom. The molecule has 13 heavy (non-hydrogen) atoms. The SMILES string of the molecule is C=CC(Cl)c1ccc(C(=O)Cl)cc1. The Morgan fingerprint density at radius 3 is 2.31 bits per heavy atom. The van der Waals surface area contributed by atoms with Crippen molar-refractivity contribution in [3.63, 3.8) is 0 Å². The zero-order valence-electron chi connectivity index (χ0n) is 6.84. The minimum absolute atomic E-state index is 0.223. The van der Waals surface area contributed by atoms with Gasteiger partial charge in [0.25, 0.3) is 5.24 Å². The standard InChI is InChI=1S/C10H8Cl2O/c1-2-9(11)7-3-5-8(6-4-7)10(12)13/h2-6,9H,1H2. The lowest BCUT2D eigenvalue weighted by atomic mass is 10.1. The molecule has 0 aliphatic carbocycles. The topological polar surface area (TPSA) is 17.1 Å². The molecule has 0 radical (unpaired) electrons. The fourth-order valence-corrected chi connectivity index (χ4v) is 1.21. The second kappa shape index (κ2) is 4.45. The molecule has 1 unspecified atom stereocenters. The Labute approximate surface area is 87.0 Å². The minimum atomic E-state index is -0.462. The molecule has 0 aliphatic rings. The first kappa shape index (κ1) is 10.3. The van der Waals surface area contributed by atoms with Crippen molar-refractivity contribution >= 4 is 28.4 Å². The smallest absolute Gasteiger partial charge is 0.252 e. The Balaban J connectivity index is 2.93. The van der Waals surface area contributed by atoms with E-state index in [0.717, 1.165) is 5.56 Å². The van der Waals surface area contributed by atoms with Gasteiger partial charge >= 0.3 is 0 Å². The Hall–Kier alpha value is -0.790. The lowest BCUT2D eigenvalue weighted by Crippen LogP contribution is -1.90. The van der Waals surface area contributed by atoms with Crippen molar-refractivity contribution in [1.29, 1.82) is 0 Å². The largest absolute Gasteiger partial charge is 0.276 e. The zero-order chi connectivity index (χ0) is 9.84. The van der Waals surface area contributed by atoms with E-state index in [1.54, 1.807) is 30.3 Å². The quantitative estimate of drug-likeness (QED) is 0.428. The first-order valence-electron chi connectivity index (χ1n) is 3.71. The summed E-state index contributed by atoms with van der Waals surface area (Å²) in [7, 11) is 0. The first-order valence-corrected chi connectivity index (χ1v) is 4.53. The summed E-state index contributed by atoms with van der Waals surface area (Å²) < 4.78 is 0. The third-order valence-corrected chi connectivity index (χ3v) is 2.31. The van der Waals surface area contributed by atoms with Crippen molar-refractivity contribution in [3.8, 4) is 0 Å². The van der Waals surface area contributed by atoms with Gasteiger partial charge < -0.3 is 0 Å². The molecule has 1 aromatic carbocycles. The fraction of sp³-hybridized carbons (Fsp3) is 0.100. The monoisotopic (exact) mass is 214 g/mol. The molecule has 68 valence electrons. The Kier molecular flexibility index (Phi) is 3.52. The van der Waals surface area contributed by atoms with Crippen molar-refractivity contribution in [3.05, 3.63) is 48.0 Å². The van der Waals surface area contributed by atoms with Gasteiger partial charge in [-0.15, -0.1) is 18.2 Å². The zero-order valence-corrected chi connectivity index (χ0v) is 8.35. The molecule has 0 heterocycles. The first-order chi connectivity index (χ1) is 6.15. The summed E-state index contributed by atoms with van der Waals surface area (Å²) in [6.07, 6.45) is 1.62. The number of hydrogen-bond acceptors (Lipinski definition) is 1. The number of allylic oxidation sites excluding steroid dienone is 1. The summed E-state index contributed by atoms with van der Waals surface area (Å²) in [4.78, 5) is 10.7. The van der Waals surface area contributed by atoms with E-state index in [4.69, 9.17) is 23.2 Å². The van der Waals surface area contributed by atoms with E-state index in [2.05, 4.69) is 6.58 Å². The highest BCUT2D eigenvalue weighted by molar-refractivity contribution is 6.67. The second-order valence-electron chi connectivity index (χ2n) is 2.53. The number of rotatable bonds is 3. The molecule has 1 aromatic rings. The van der Waals surface area contributed by atoms with Crippen LogP contribution in [0, 0.1) is 0 Å². The van der Waals surface area contributed by atoms with Crippen LogP contribution in [0.4, 0.5) is 0 Å². The average molecular weight is 215 g/mol.